The molecule has 2 aromatic carbocycles. The van der Waals surface area contributed by atoms with Crippen molar-refractivity contribution in [2.45, 2.75) is 30.6 Å². The molecular weight excluding hydrogens is 412 g/mol. The highest BCUT2D eigenvalue weighted by Crippen LogP contribution is 2.19. The molecule has 1 fully saturated rings. The van der Waals surface area contributed by atoms with E-state index >= 15 is 0 Å². The molecule has 3 rings (SSSR count). The number of nitrogens with zero attached hydrogens (tertiary/aromatic N) is 1. The number of carbonyl (C=O) groups excluding carboxylic acids is 1. The van der Waals surface area contributed by atoms with Crippen LogP contribution >= 0.6 is 0 Å². The van der Waals surface area contributed by atoms with E-state index in [9.17, 15) is 22.0 Å². The van der Waals surface area contributed by atoms with Crippen LogP contribution < -0.4 is 10.0 Å². The number of nitrogens with one attached hydrogen (secondary N) is 2. The summed E-state index contributed by atoms with van der Waals surface area (Å²) in [5.74, 6) is -2.60. The summed E-state index contributed by atoms with van der Waals surface area (Å²) >= 11 is 0. The standard InChI is InChI=1S/C21H25F2N3O3S/c22-19-10-9-18(15-20(19)23)30(28,29)25-17-7-5-16(6-8-17)21(27)24-11-4-14-26-12-2-1-3-13-26/h5-10,15,25H,1-4,11-14H2,(H,24,27). The van der Waals surface area contributed by atoms with E-state index in [4.69, 9.17) is 0 Å². The zero-order valence-electron chi connectivity index (χ0n) is 16.5. The number of sulfonamides is 1. The molecule has 0 atom stereocenters. The van der Waals surface area contributed by atoms with Gasteiger partial charge in [0.1, 0.15) is 0 Å². The van der Waals surface area contributed by atoms with Crippen molar-refractivity contribution in [3.8, 4) is 0 Å². The molecule has 6 nitrogen and oxygen atoms in total. The number of amides is 1. The molecule has 1 aliphatic heterocycles. The van der Waals surface area contributed by atoms with E-state index in [1.807, 2.05) is 0 Å². The van der Waals surface area contributed by atoms with Crippen LogP contribution in [0.2, 0.25) is 0 Å². The highest BCUT2D eigenvalue weighted by atomic mass is 32.2. The predicted octanol–water partition coefficient (Wildman–Crippen LogP) is 3.37. The summed E-state index contributed by atoms with van der Waals surface area (Å²) in [6.45, 7) is 3.77. The van der Waals surface area contributed by atoms with Gasteiger partial charge in [-0.2, -0.15) is 0 Å². The van der Waals surface area contributed by atoms with Crippen LogP contribution in [-0.2, 0) is 10.0 Å². The van der Waals surface area contributed by atoms with Crippen LogP contribution in [0.15, 0.2) is 47.4 Å². The lowest BCUT2D eigenvalue weighted by Gasteiger charge is -2.26. The third-order valence-corrected chi connectivity index (χ3v) is 6.36. The minimum absolute atomic E-state index is 0.210. The van der Waals surface area contributed by atoms with Crippen LogP contribution in [-0.4, -0.2) is 45.4 Å². The first-order chi connectivity index (χ1) is 14.3. The number of halogens is 2. The van der Waals surface area contributed by atoms with Gasteiger partial charge in [-0.25, -0.2) is 17.2 Å². The van der Waals surface area contributed by atoms with Gasteiger partial charge in [0.2, 0.25) is 0 Å². The molecule has 9 heteroatoms. The number of carbonyl (C=O) groups is 1. The summed E-state index contributed by atoms with van der Waals surface area (Å²) < 4.78 is 53.2. The molecule has 0 unspecified atom stereocenters. The Balaban J connectivity index is 1.51. The minimum atomic E-state index is -4.08. The summed E-state index contributed by atoms with van der Waals surface area (Å²) in [5, 5.41) is 2.86. The number of benzene rings is 2. The molecule has 0 saturated carbocycles. The monoisotopic (exact) mass is 437 g/mol. The van der Waals surface area contributed by atoms with Crippen LogP contribution in [0.1, 0.15) is 36.0 Å². The van der Waals surface area contributed by atoms with Crippen molar-refractivity contribution in [2.24, 2.45) is 0 Å². The summed E-state index contributed by atoms with van der Waals surface area (Å²) in [7, 11) is -4.08. The van der Waals surface area contributed by atoms with E-state index in [-0.39, 0.29) is 11.6 Å². The van der Waals surface area contributed by atoms with Gasteiger partial charge in [0, 0.05) is 17.8 Å². The number of hydrogen-bond acceptors (Lipinski definition) is 4. The van der Waals surface area contributed by atoms with Crippen LogP contribution in [0.5, 0.6) is 0 Å². The topological polar surface area (TPSA) is 78.5 Å². The molecule has 0 aromatic heterocycles. The SMILES string of the molecule is O=C(NCCCN1CCCCC1)c1ccc(NS(=O)(=O)c2ccc(F)c(F)c2)cc1. The van der Waals surface area contributed by atoms with Crippen molar-refractivity contribution in [3.63, 3.8) is 0 Å². The van der Waals surface area contributed by atoms with E-state index in [1.165, 1.54) is 43.5 Å². The normalized spacial score (nSPS) is 15.0. The van der Waals surface area contributed by atoms with E-state index in [2.05, 4.69) is 14.9 Å². The lowest BCUT2D eigenvalue weighted by molar-refractivity contribution is 0.0951. The largest absolute Gasteiger partial charge is 0.352 e. The minimum Gasteiger partial charge on any atom is -0.352 e. The molecule has 0 radical (unpaired) electrons. The fourth-order valence-electron chi connectivity index (χ4n) is 3.34. The first-order valence-corrected chi connectivity index (χ1v) is 11.4. The highest BCUT2D eigenvalue weighted by Gasteiger charge is 2.17. The first-order valence-electron chi connectivity index (χ1n) is 9.94. The van der Waals surface area contributed by atoms with Crippen molar-refractivity contribution in [2.75, 3.05) is 30.9 Å². The molecule has 30 heavy (non-hydrogen) atoms. The van der Waals surface area contributed by atoms with Gasteiger partial charge in [0.25, 0.3) is 15.9 Å². The second kappa shape index (κ2) is 9.99. The van der Waals surface area contributed by atoms with Gasteiger partial charge in [0.05, 0.1) is 4.90 Å². The maximum absolute atomic E-state index is 13.3. The maximum atomic E-state index is 13.3. The van der Waals surface area contributed by atoms with E-state index in [0.717, 1.165) is 38.2 Å². The second-order valence-electron chi connectivity index (χ2n) is 7.27. The first kappa shape index (κ1) is 22.2. The Kier molecular flexibility index (Phi) is 7.38. The molecule has 2 N–H and O–H groups in total. The van der Waals surface area contributed by atoms with Gasteiger partial charge in [-0.3, -0.25) is 9.52 Å². The molecule has 2 aromatic rings. The van der Waals surface area contributed by atoms with E-state index in [0.29, 0.717) is 18.2 Å². The molecule has 0 aliphatic carbocycles. The fraction of sp³-hybridized carbons (Fsp3) is 0.381. The van der Waals surface area contributed by atoms with E-state index < -0.39 is 26.6 Å². The average molecular weight is 438 g/mol. The maximum Gasteiger partial charge on any atom is 0.261 e. The van der Waals surface area contributed by atoms with Crippen LogP contribution in [0.3, 0.4) is 0 Å². The lowest BCUT2D eigenvalue weighted by atomic mass is 10.1. The Hall–Kier alpha value is -2.52. The predicted molar refractivity (Wildman–Crippen MR) is 111 cm³/mol. The smallest absolute Gasteiger partial charge is 0.261 e. The third-order valence-electron chi connectivity index (χ3n) is 4.99. The van der Waals surface area contributed by atoms with Gasteiger partial charge in [0.15, 0.2) is 11.6 Å². The average Bonchev–Trinajstić information content (AvgIpc) is 2.74. The molecule has 0 spiro atoms. The Labute approximate surface area is 175 Å². The number of anilines is 1. The Morgan fingerprint density at radius 1 is 0.967 bits per heavy atom. The number of piperidine rings is 1. The zero-order chi connectivity index (χ0) is 21.6. The molecular formula is C21H25F2N3O3S. The lowest BCUT2D eigenvalue weighted by Crippen LogP contribution is -2.33. The Morgan fingerprint density at radius 3 is 2.33 bits per heavy atom. The fourth-order valence-corrected chi connectivity index (χ4v) is 4.41. The van der Waals surface area contributed by atoms with E-state index in [1.54, 1.807) is 0 Å². The van der Waals surface area contributed by atoms with Gasteiger partial charge in [-0.05, 0) is 81.4 Å². The molecule has 162 valence electrons. The molecule has 1 saturated heterocycles. The number of rotatable bonds is 8. The zero-order valence-corrected chi connectivity index (χ0v) is 17.4. The van der Waals surface area contributed by atoms with Gasteiger partial charge >= 0.3 is 0 Å². The van der Waals surface area contributed by atoms with Crippen molar-refractivity contribution in [1.29, 1.82) is 0 Å². The van der Waals surface area contributed by atoms with Crippen molar-refractivity contribution in [1.82, 2.24) is 10.2 Å². The molecule has 1 aliphatic rings. The quantitative estimate of drug-likeness (QED) is 0.621. The van der Waals surface area contributed by atoms with Crippen LogP contribution in [0.25, 0.3) is 0 Å². The van der Waals surface area contributed by atoms with Gasteiger partial charge in [-0.15, -0.1) is 0 Å². The number of hydrogen-bond donors (Lipinski definition) is 2. The summed E-state index contributed by atoms with van der Waals surface area (Å²) in [5.41, 5.74) is 0.616. The number of likely N-dealkylation sites (tertiary alicyclic amines) is 1. The second-order valence-corrected chi connectivity index (χ2v) is 8.95. The Bertz CT molecular complexity index is 975. The highest BCUT2D eigenvalue weighted by molar-refractivity contribution is 7.92. The summed E-state index contributed by atoms with van der Waals surface area (Å²) in [4.78, 5) is 14.3. The Morgan fingerprint density at radius 2 is 1.67 bits per heavy atom. The van der Waals surface area contributed by atoms with Gasteiger partial charge < -0.3 is 10.2 Å². The molecule has 1 heterocycles. The summed E-state index contributed by atoms with van der Waals surface area (Å²) in [6.07, 6.45) is 4.63. The van der Waals surface area contributed by atoms with Crippen molar-refractivity contribution >= 4 is 21.6 Å². The van der Waals surface area contributed by atoms with Gasteiger partial charge in [-0.1, -0.05) is 6.42 Å². The molecule has 1 amide bonds. The molecule has 0 bridgehead atoms. The third kappa shape index (κ3) is 5.99. The van der Waals surface area contributed by atoms with Crippen LogP contribution in [0, 0.1) is 11.6 Å². The van der Waals surface area contributed by atoms with Crippen molar-refractivity contribution < 1.29 is 22.0 Å². The van der Waals surface area contributed by atoms with Crippen LogP contribution in [0.4, 0.5) is 14.5 Å². The van der Waals surface area contributed by atoms with Crippen molar-refractivity contribution in [3.05, 3.63) is 59.7 Å². The summed E-state index contributed by atoms with van der Waals surface area (Å²) in [6, 6.07) is 8.24.